The molecule has 6 nitrogen and oxygen atoms in total. The Morgan fingerprint density at radius 2 is 2.05 bits per heavy atom. The molecule has 3 unspecified atom stereocenters. The lowest BCUT2D eigenvalue weighted by molar-refractivity contribution is -0.116. The van der Waals surface area contributed by atoms with Crippen molar-refractivity contribution in [2.24, 2.45) is 0 Å². The molecule has 2 aliphatic rings. The number of aromatic hydroxyl groups is 1. The number of hydrogen-bond acceptors (Lipinski definition) is 5. The van der Waals surface area contributed by atoms with Crippen LogP contribution < -0.4 is 5.32 Å². The molecule has 1 saturated heterocycles. The van der Waals surface area contributed by atoms with Crippen molar-refractivity contribution in [3.63, 3.8) is 0 Å². The van der Waals surface area contributed by atoms with E-state index in [9.17, 15) is 19.8 Å². The molecule has 0 spiro atoms. The number of epoxide rings is 1. The molecule has 1 amide bonds. The van der Waals surface area contributed by atoms with Gasteiger partial charge in [0.2, 0.25) is 0 Å². The molecule has 1 aliphatic carbocycles. The van der Waals surface area contributed by atoms with Gasteiger partial charge >= 0.3 is 0 Å². The highest BCUT2D eigenvalue weighted by atomic mass is 16.6. The number of ether oxygens (including phenoxy) is 1. The molecule has 1 aromatic carbocycles. The van der Waals surface area contributed by atoms with Crippen LogP contribution in [0.4, 0.5) is 0 Å². The van der Waals surface area contributed by atoms with Gasteiger partial charge in [-0.2, -0.15) is 0 Å². The van der Waals surface area contributed by atoms with Crippen LogP contribution >= 0.6 is 0 Å². The van der Waals surface area contributed by atoms with Gasteiger partial charge in [-0.3, -0.25) is 9.59 Å². The van der Waals surface area contributed by atoms with Crippen LogP contribution in [0.2, 0.25) is 0 Å². The highest BCUT2D eigenvalue weighted by Crippen LogP contribution is 2.33. The molecule has 6 heteroatoms. The van der Waals surface area contributed by atoms with Crippen molar-refractivity contribution in [1.82, 2.24) is 5.32 Å². The summed E-state index contributed by atoms with van der Waals surface area (Å²) in [5.41, 5.74) is 0.166. The van der Waals surface area contributed by atoms with E-state index >= 15 is 0 Å². The third-order valence-electron chi connectivity index (χ3n) is 3.14. The predicted molar refractivity (Wildman–Crippen MR) is 63.3 cm³/mol. The average molecular weight is 261 g/mol. The minimum atomic E-state index is -1.03. The topological polar surface area (TPSA) is 99.2 Å². The summed E-state index contributed by atoms with van der Waals surface area (Å²) in [5, 5.41) is 21.8. The van der Waals surface area contributed by atoms with Gasteiger partial charge in [0.05, 0.1) is 11.3 Å². The third-order valence-corrected chi connectivity index (χ3v) is 3.14. The Kier molecular flexibility index (Phi) is 2.62. The fraction of sp³-hybridized carbons (Fsp3) is 0.231. The summed E-state index contributed by atoms with van der Waals surface area (Å²) in [4.78, 5) is 23.4. The number of aliphatic hydroxyl groups is 1. The van der Waals surface area contributed by atoms with Gasteiger partial charge < -0.3 is 20.3 Å². The number of benzene rings is 1. The lowest BCUT2D eigenvalue weighted by Gasteiger charge is -2.17. The van der Waals surface area contributed by atoms with E-state index in [4.69, 9.17) is 4.74 Å². The van der Waals surface area contributed by atoms with Crippen LogP contribution in [0.1, 0.15) is 10.4 Å². The van der Waals surface area contributed by atoms with E-state index in [1.165, 1.54) is 12.1 Å². The number of ketones is 1. The zero-order chi connectivity index (χ0) is 13.6. The molecule has 1 heterocycles. The van der Waals surface area contributed by atoms with Gasteiger partial charge in [-0.25, -0.2) is 0 Å². The Balaban J connectivity index is 1.80. The van der Waals surface area contributed by atoms with Gasteiger partial charge in [0.15, 0.2) is 5.78 Å². The first-order valence-electron chi connectivity index (χ1n) is 5.76. The number of fused-ring (bicyclic) bond motifs is 1. The van der Waals surface area contributed by atoms with E-state index in [2.05, 4.69) is 5.32 Å². The first kappa shape index (κ1) is 11.9. The fourth-order valence-electron chi connectivity index (χ4n) is 2.06. The molecule has 98 valence electrons. The second kappa shape index (κ2) is 4.18. The summed E-state index contributed by atoms with van der Waals surface area (Å²) in [6.45, 7) is 0. The largest absolute Gasteiger partial charge is 0.507 e. The number of rotatable bonds is 2. The minimum Gasteiger partial charge on any atom is -0.507 e. The monoisotopic (exact) mass is 261 g/mol. The quantitative estimate of drug-likeness (QED) is 0.636. The van der Waals surface area contributed by atoms with E-state index in [1.54, 1.807) is 12.1 Å². The van der Waals surface area contributed by atoms with Crippen molar-refractivity contribution in [2.75, 3.05) is 0 Å². The zero-order valence-corrected chi connectivity index (χ0v) is 9.74. The molecule has 3 rings (SSSR count). The van der Waals surface area contributed by atoms with Gasteiger partial charge in [-0.1, -0.05) is 12.1 Å². The van der Waals surface area contributed by atoms with Crippen LogP contribution in [0.5, 0.6) is 5.75 Å². The number of hydrogen-bond donors (Lipinski definition) is 3. The van der Waals surface area contributed by atoms with Crippen molar-refractivity contribution in [3.8, 4) is 5.75 Å². The van der Waals surface area contributed by atoms with Gasteiger partial charge in [-0.15, -0.1) is 0 Å². The SMILES string of the molecule is O=C(NC1=CC(=O)C2OC2C1O)c1ccccc1O. The zero-order valence-electron chi connectivity index (χ0n) is 9.74. The number of nitrogens with one attached hydrogen (secondary N) is 1. The van der Waals surface area contributed by atoms with Gasteiger partial charge in [0, 0.05) is 6.08 Å². The first-order chi connectivity index (χ1) is 9.08. The van der Waals surface area contributed by atoms with E-state index in [0.717, 1.165) is 6.08 Å². The molecule has 3 atom stereocenters. The molecular weight excluding hydrogens is 250 g/mol. The smallest absolute Gasteiger partial charge is 0.259 e. The molecule has 0 aromatic heterocycles. The van der Waals surface area contributed by atoms with Crippen molar-refractivity contribution < 1.29 is 24.5 Å². The molecule has 3 N–H and O–H groups in total. The minimum absolute atomic E-state index is 0.0712. The summed E-state index contributed by atoms with van der Waals surface area (Å²) in [6.07, 6.45) is -1.02. The van der Waals surface area contributed by atoms with Crippen LogP contribution in [0.25, 0.3) is 0 Å². The lowest BCUT2D eigenvalue weighted by Crippen LogP contribution is -2.37. The molecule has 19 heavy (non-hydrogen) atoms. The standard InChI is InChI=1S/C13H11NO5/c15-8-4-2-1-3-6(8)13(18)14-7-5-9(16)11-12(19-11)10(7)17/h1-5,10-12,15,17H,(H,14,18). The Morgan fingerprint density at radius 3 is 2.79 bits per heavy atom. The van der Waals surface area contributed by atoms with Gasteiger partial charge in [0.25, 0.3) is 5.91 Å². The summed E-state index contributed by atoms with van der Waals surface area (Å²) in [5.74, 6) is -1.03. The number of phenolic OH excluding ortho intramolecular Hbond substituents is 1. The highest BCUT2D eigenvalue weighted by molar-refractivity contribution is 6.01. The van der Waals surface area contributed by atoms with Crippen LogP contribution in [0, 0.1) is 0 Å². The fourth-order valence-corrected chi connectivity index (χ4v) is 2.06. The molecule has 0 bridgehead atoms. The molecule has 0 saturated carbocycles. The number of para-hydroxylation sites is 1. The number of carbonyl (C=O) groups excluding carboxylic acids is 2. The average Bonchev–Trinajstić information content (AvgIpc) is 3.17. The van der Waals surface area contributed by atoms with Gasteiger partial charge in [-0.05, 0) is 12.1 Å². The van der Waals surface area contributed by atoms with E-state index in [-0.39, 0.29) is 22.8 Å². The predicted octanol–water partition coefficient (Wildman–Crippen LogP) is -0.283. The number of amides is 1. The third kappa shape index (κ3) is 2.00. The number of carbonyl (C=O) groups is 2. The molecule has 1 fully saturated rings. The van der Waals surface area contributed by atoms with Crippen LogP contribution in [-0.4, -0.2) is 40.2 Å². The maximum Gasteiger partial charge on any atom is 0.259 e. The molecule has 0 radical (unpaired) electrons. The Morgan fingerprint density at radius 1 is 1.32 bits per heavy atom. The summed E-state index contributed by atoms with van der Waals surface area (Å²) < 4.78 is 4.99. The maximum atomic E-state index is 11.9. The summed E-state index contributed by atoms with van der Waals surface area (Å²) in [6, 6.07) is 6.02. The Hall–Kier alpha value is -2.18. The van der Waals surface area contributed by atoms with Gasteiger partial charge in [0.1, 0.15) is 24.1 Å². The van der Waals surface area contributed by atoms with Crippen LogP contribution in [0.15, 0.2) is 36.0 Å². The van der Waals surface area contributed by atoms with E-state index in [0.29, 0.717) is 0 Å². The number of phenols is 1. The normalized spacial score (nSPS) is 28.4. The molecule has 1 aliphatic heterocycles. The van der Waals surface area contributed by atoms with Crippen LogP contribution in [0.3, 0.4) is 0 Å². The van der Waals surface area contributed by atoms with Crippen molar-refractivity contribution in [3.05, 3.63) is 41.6 Å². The second-order valence-corrected chi connectivity index (χ2v) is 4.44. The highest BCUT2D eigenvalue weighted by Gasteiger charge is 2.53. The summed E-state index contributed by atoms with van der Waals surface area (Å²) in [7, 11) is 0. The second-order valence-electron chi connectivity index (χ2n) is 4.44. The van der Waals surface area contributed by atoms with Crippen molar-refractivity contribution >= 4 is 11.7 Å². The summed E-state index contributed by atoms with van der Waals surface area (Å²) >= 11 is 0. The van der Waals surface area contributed by atoms with E-state index < -0.39 is 24.2 Å². The lowest BCUT2D eigenvalue weighted by atomic mass is 10.0. The maximum absolute atomic E-state index is 11.9. The number of aliphatic hydroxyl groups excluding tert-OH is 1. The Labute approximate surface area is 108 Å². The van der Waals surface area contributed by atoms with Crippen LogP contribution in [-0.2, 0) is 9.53 Å². The molecule has 1 aromatic rings. The molecular formula is C13H11NO5. The van der Waals surface area contributed by atoms with Crippen molar-refractivity contribution in [1.29, 1.82) is 0 Å². The Bertz CT molecular complexity index is 594. The van der Waals surface area contributed by atoms with Crippen molar-refractivity contribution in [2.45, 2.75) is 18.3 Å². The first-order valence-corrected chi connectivity index (χ1v) is 5.76. The van der Waals surface area contributed by atoms with E-state index in [1.807, 2.05) is 0 Å².